The second-order valence-corrected chi connectivity index (χ2v) is 5.37. The highest BCUT2D eigenvalue weighted by Gasteiger charge is 2.23. The monoisotopic (exact) mass is 299 g/mol. The SMILES string of the molecule is O=C(O)C(NCc1cccs1)c1cc(Cl)ccc1F. The summed E-state index contributed by atoms with van der Waals surface area (Å²) in [6.07, 6.45) is 0. The lowest BCUT2D eigenvalue weighted by molar-refractivity contribution is -0.139. The first-order valence-corrected chi connectivity index (χ1v) is 6.77. The number of hydrogen-bond donors (Lipinski definition) is 2. The molecule has 1 unspecified atom stereocenters. The van der Waals surface area contributed by atoms with Crippen LogP contribution in [-0.2, 0) is 11.3 Å². The van der Waals surface area contributed by atoms with Crippen molar-refractivity contribution in [2.24, 2.45) is 0 Å². The van der Waals surface area contributed by atoms with Crippen LogP contribution in [0.15, 0.2) is 35.7 Å². The van der Waals surface area contributed by atoms with Gasteiger partial charge in [-0.2, -0.15) is 0 Å². The van der Waals surface area contributed by atoms with Gasteiger partial charge in [0, 0.05) is 22.0 Å². The minimum absolute atomic E-state index is 0.0385. The van der Waals surface area contributed by atoms with Crippen molar-refractivity contribution in [1.29, 1.82) is 0 Å². The Bertz CT molecular complexity index is 574. The molecule has 1 aromatic carbocycles. The molecule has 2 aromatic rings. The van der Waals surface area contributed by atoms with Gasteiger partial charge in [-0.15, -0.1) is 11.3 Å². The highest BCUT2D eigenvalue weighted by Crippen LogP contribution is 2.22. The molecule has 1 atom stereocenters. The third-order valence-corrected chi connectivity index (χ3v) is 3.69. The zero-order chi connectivity index (χ0) is 13.8. The van der Waals surface area contributed by atoms with E-state index in [-0.39, 0.29) is 5.56 Å². The van der Waals surface area contributed by atoms with Crippen LogP contribution in [0.5, 0.6) is 0 Å². The summed E-state index contributed by atoms with van der Waals surface area (Å²) in [5.41, 5.74) is 0.0385. The lowest BCUT2D eigenvalue weighted by atomic mass is 10.1. The van der Waals surface area contributed by atoms with Crippen molar-refractivity contribution < 1.29 is 14.3 Å². The van der Waals surface area contributed by atoms with Crippen LogP contribution in [-0.4, -0.2) is 11.1 Å². The molecule has 1 heterocycles. The standard InChI is InChI=1S/C13H11ClFNO2S/c14-8-3-4-11(15)10(6-8)12(13(17)18)16-7-9-2-1-5-19-9/h1-6,12,16H,7H2,(H,17,18). The second-order valence-electron chi connectivity index (χ2n) is 3.90. The maximum absolute atomic E-state index is 13.7. The van der Waals surface area contributed by atoms with Crippen LogP contribution in [0.25, 0.3) is 0 Å². The van der Waals surface area contributed by atoms with Gasteiger partial charge in [-0.3, -0.25) is 10.1 Å². The Morgan fingerprint density at radius 3 is 2.89 bits per heavy atom. The third kappa shape index (κ3) is 3.53. The first kappa shape index (κ1) is 14.0. The highest BCUT2D eigenvalue weighted by molar-refractivity contribution is 7.09. The third-order valence-electron chi connectivity index (χ3n) is 2.58. The van der Waals surface area contributed by atoms with Crippen LogP contribution in [0.4, 0.5) is 4.39 Å². The van der Waals surface area contributed by atoms with Gasteiger partial charge in [-0.1, -0.05) is 17.7 Å². The molecule has 3 nitrogen and oxygen atoms in total. The molecule has 0 spiro atoms. The number of aliphatic carboxylic acids is 1. The van der Waals surface area contributed by atoms with Crippen molar-refractivity contribution in [1.82, 2.24) is 5.32 Å². The van der Waals surface area contributed by atoms with Crippen molar-refractivity contribution in [3.63, 3.8) is 0 Å². The molecule has 19 heavy (non-hydrogen) atoms. The topological polar surface area (TPSA) is 49.3 Å². The summed E-state index contributed by atoms with van der Waals surface area (Å²) in [7, 11) is 0. The molecule has 0 aliphatic rings. The number of hydrogen-bond acceptors (Lipinski definition) is 3. The van der Waals surface area contributed by atoms with E-state index in [0.29, 0.717) is 11.6 Å². The number of carbonyl (C=O) groups is 1. The average molecular weight is 300 g/mol. The van der Waals surface area contributed by atoms with Crippen LogP contribution >= 0.6 is 22.9 Å². The molecule has 0 fully saturated rings. The van der Waals surface area contributed by atoms with Crippen molar-refractivity contribution in [2.75, 3.05) is 0 Å². The molecule has 0 bridgehead atoms. The maximum atomic E-state index is 13.7. The highest BCUT2D eigenvalue weighted by atomic mass is 35.5. The summed E-state index contributed by atoms with van der Waals surface area (Å²) in [5, 5.41) is 14.2. The second kappa shape index (κ2) is 6.14. The Hall–Kier alpha value is -1.43. The first-order chi connectivity index (χ1) is 9.08. The number of rotatable bonds is 5. The van der Waals surface area contributed by atoms with E-state index in [0.717, 1.165) is 4.88 Å². The van der Waals surface area contributed by atoms with E-state index in [4.69, 9.17) is 11.6 Å². The fourth-order valence-electron chi connectivity index (χ4n) is 1.68. The zero-order valence-electron chi connectivity index (χ0n) is 9.77. The number of halogens is 2. The summed E-state index contributed by atoms with van der Waals surface area (Å²) in [5.74, 6) is -1.73. The van der Waals surface area contributed by atoms with Crippen LogP contribution in [0.1, 0.15) is 16.5 Å². The van der Waals surface area contributed by atoms with Crippen LogP contribution in [0.2, 0.25) is 5.02 Å². The quantitative estimate of drug-likeness (QED) is 0.889. The maximum Gasteiger partial charge on any atom is 0.325 e. The van der Waals surface area contributed by atoms with Gasteiger partial charge in [-0.05, 0) is 29.6 Å². The summed E-state index contributed by atoms with van der Waals surface area (Å²) in [4.78, 5) is 12.2. The Morgan fingerprint density at radius 2 is 2.26 bits per heavy atom. The molecule has 0 saturated carbocycles. The molecule has 1 aromatic heterocycles. The zero-order valence-corrected chi connectivity index (χ0v) is 11.3. The Labute approximate surface area is 118 Å². The molecule has 100 valence electrons. The van der Waals surface area contributed by atoms with Gasteiger partial charge >= 0.3 is 5.97 Å². The summed E-state index contributed by atoms with van der Waals surface area (Å²) < 4.78 is 13.7. The van der Waals surface area contributed by atoms with Crippen molar-refractivity contribution >= 4 is 28.9 Å². The fraction of sp³-hybridized carbons (Fsp3) is 0.154. The number of carboxylic acid groups (broad SMARTS) is 1. The number of nitrogens with one attached hydrogen (secondary N) is 1. The summed E-state index contributed by atoms with van der Waals surface area (Å²) in [6.45, 7) is 0.362. The van der Waals surface area contributed by atoms with Crippen molar-refractivity contribution in [3.8, 4) is 0 Å². The lowest BCUT2D eigenvalue weighted by Crippen LogP contribution is -2.28. The molecule has 0 amide bonds. The number of carboxylic acids is 1. The molecule has 0 radical (unpaired) electrons. The minimum Gasteiger partial charge on any atom is -0.480 e. The molecule has 2 N–H and O–H groups in total. The van der Waals surface area contributed by atoms with E-state index >= 15 is 0 Å². The number of thiophene rings is 1. The van der Waals surface area contributed by atoms with Crippen LogP contribution < -0.4 is 5.32 Å². The lowest BCUT2D eigenvalue weighted by Gasteiger charge is -2.15. The van der Waals surface area contributed by atoms with Crippen molar-refractivity contribution in [3.05, 3.63) is 57.0 Å². The normalized spacial score (nSPS) is 12.3. The molecular formula is C13H11ClFNO2S. The van der Waals surface area contributed by atoms with E-state index in [1.54, 1.807) is 0 Å². The molecule has 2 rings (SSSR count). The van der Waals surface area contributed by atoms with Gasteiger partial charge in [0.15, 0.2) is 0 Å². The first-order valence-electron chi connectivity index (χ1n) is 5.51. The van der Waals surface area contributed by atoms with E-state index < -0.39 is 17.8 Å². The Kier molecular flexibility index (Phi) is 4.52. The Morgan fingerprint density at radius 1 is 1.47 bits per heavy atom. The smallest absolute Gasteiger partial charge is 0.325 e. The average Bonchev–Trinajstić information content (AvgIpc) is 2.86. The van der Waals surface area contributed by atoms with Crippen molar-refractivity contribution in [2.45, 2.75) is 12.6 Å². The Balaban J connectivity index is 2.20. The largest absolute Gasteiger partial charge is 0.480 e. The van der Waals surface area contributed by atoms with Crippen LogP contribution in [0, 0.1) is 5.82 Å². The van der Waals surface area contributed by atoms with E-state index in [1.165, 1.54) is 29.5 Å². The van der Waals surface area contributed by atoms with Gasteiger partial charge in [0.2, 0.25) is 0 Å². The minimum atomic E-state index is -1.14. The van der Waals surface area contributed by atoms with E-state index in [9.17, 15) is 14.3 Å². The molecular weight excluding hydrogens is 289 g/mol. The molecule has 0 aliphatic heterocycles. The molecule has 0 aliphatic carbocycles. The predicted octanol–water partition coefficient (Wildman–Crippen LogP) is 3.46. The van der Waals surface area contributed by atoms with E-state index in [1.807, 2.05) is 17.5 Å². The summed E-state index contributed by atoms with van der Waals surface area (Å²) in [6, 6.07) is 6.51. The molecule has 0 saturated heterocycles. The van der Waals surface area contributed by atoms with Gasteiger partial charge < -0.3 is 5.11 Å². The van der Waals surface area contributed by atoms with Gasteiger partial charge in [-0.25, -0.2) is 4.39 Å². The fourth-order valence-corrected chi connectivity index (χ4v) is 2.52. The van der Waals surface area contributed by atoms with Gasteiger partial charge in [0.05, 0.1) is 0 Å². The number of benzene rings is 1. The molecule has 6 heteroatoms. The van der Waals surface area contributed by atoms with E-state index in [2.05, 4.69) is 5.32 Å². The van der Waals surface area contributed by atoms with Gasteiger partial charge in [0.1, 0.15) is 11.9 Å². The van der Waals surface area contributed by atoms with Gasteiger partial charge in [0.25, 0.3) is 0 Å². The predicted molar refractivity (Wildman–Crippen MR) is 72.9 cm³/mol. The van der Waals surface area contributed by atoms with Crippen LogP contribution in [0.3, 0.4) is 0 Å². The summed E-state index contributed by atoms with van der Waals surface area (Å²) >= 11 is 7.28.